The molecule has 25 heavy (non-hydrogen) atoms. The number of rotatable bonds is 7. The molecular formula is C19H26N4O2. The van der Waals surface area contributed by atoms with Crippen LogP contribution in [0.25, 0.3) is 0 Å². The Bertz CT molecular complexity index is 745. The van der Waals surface area contributed by atoms with Crippen LogP contribution in [0.3, 0.4) is 0 Å². The predicted molar refractivity (Wildman–Crippen MR) is 97.6 cm³/mol. The van der Waals surface area contributed by atoms with Crippen LogP contribution in [0, 0.1) is 27.7 Å². The Kier molecular flexibility index (Phi) is 6.33. The van der Waals surface area contributed by atoms with Gasteiger partial charge in [-0.2, -0.15) is 5.10 Å². The maximum absolute atomic E-state index is 12.1. The average molecular weight is 342 g/mol. The largest absolute Gasteiger partial charge is 0.355 e. The summed E-state index contributed by atoms with van der Waals surface area (Å²) in [4.78, 5) is 24.0. The van der Waals surface area contributed by atoms with E-state index < -0.39 is 0 Å². The van der Waals surface area contributed by atoms with Crippen LogP contribution in [0.5, 0.6) is 0 Å². The molecule has 1 aromatic carbocycles. The monoisotopic (exact) mass is 342 g/mol. The Balaban J connectivity index is 1.70. The topological polar surface area (TPSA) is 76.0 Å². The highest BCUT2D eigenvalue weighted by atomic mass is 16.2. The maximum Gasteiger partial charge on any atom is 0.251 e. The lowest BCUT2D eigenvalue weighted by molar-refractivity contribution is -0.120. The van der Waals surface area contributed by atoms with E-state index in [2.05, 4.69) is 15.7 Å². The summed E-state index contributed by atoms with van der Waals surface area (Å²) >= 11 is 0. The first-order valence-corrected chi connectivity index (χ1v) is 8.49. The van der Waals surface area contributed by atoms with Crippen molar-refractivity contribution in [1.29, 1.82) is 0 Å². The number of aryl methyl sites for hydroxylation is 5. The number of nitrogens with zero attached hydrogens (tertiary/aromatic N) is 2. The van der Waals surface area contributed by atoms with Gasteiger partial charge in [0.1, 0.15) is 0 Å². The van der Waals surface area contributed by atoms with Gasteiger partial charge < -0.3 is 10.6 Å². The van der Waals surface area contributed by atoms with Gasteiger partial charge in [-0.1, -0.05) is 17.2 Å². The molecule has 0 fully saturated rings. The van der Waals surface area contributed by atoms with Gasteiger partial charge in [0.2, 0.25) is 5.91 Å². The van der Waals surface area contributed by atoms with Crippen molar-refractivity contribution in [1.82, 2.24) is 20.4 Å². The molecule has 134 valence electrons. The van der Waals surface area contributed by atoms with Crippen LogP contribution in [-0.2, 0) is 11.3 Å². The van der Waals surface area contributed by atoms with Crippen LogP contribution >= 0.6 is 0 Å². The second-order valence-electron chi connectivity index (χ2n) is 6.41. The number of benzene rings is 1. The van der Waals surface area contributed by atoms with E-state index in [1.807, 2.05) is 56.6 Å². The zero-order valence-electron chi connectivity index (χ0n) is 15.3. The van der Waals surface area contributed by atoms with Gasteiger partial charge in [-0.3, -0.25) is 14.3 Å². The smallest absolute Gasteiger partial charge is 0.251 e. The Morgan fingerprint density at radius 3 is 2.28 bits per heavy atom. The van der Waals surface area contributed by atoms with Crippen molar-refractivity contribution in [2.45, 2.75) is 40.7 Å². The van der Waals surface area contributed by atoms with E-state index in [4.69, 9.17) is 0 Å². The summed E-state index contributed by atoms with van der Waals surface area (Å²) in [6.45, 7) is 9.15. The molecule has 1 aromatic heterocycles. The highest BCUT2D eigenvalue weighted by molar-refractivity contribution is 5.96. The minimum Gasteiger partial charge on any atom is -0.355 e. The molecule has 2 aromatic rings. The molecule has 2 amide bonds. The fourth-order valence-corrected chi connectivity index (χ4v) is 2.79. The van der Waals surface area contributed by atoms with Crippen molar-refractivity contribution in [3.05, 3.63) is 52.3 Å². The minimum absolute atomic E-state index is 0.0221. The second-order valence-corrected chi connectivity index (χ2v) is 6.41. The van der Waals surface area contributed by atoms with Crippen LogP contribution in [0.2, 0.25) is 0 Å². The van der Waals surface area contributed by atoms with E-state index in [1.165, 1.54) is 0 Å². The summed E-state index contributed by atoms with van der Waals surface area (Å²) in [5.41, 5.74) is 4.74. The van der Waals surface area contributed by atoms with Crippen LogP contribution in [0.1, 0.15) is 39.3 Å². The lowest BCUT2D eigenvalue weighted by atomic mass is 10.1. The normalized spacial score (nSPS) is 10.6. The van der Waals surface area contributed by atoms with Crippen LogP contribution in [0.15, 0.2) is 24.3 Å². The number of carbonyl (C=O) groups is 2. The molecule has 1 heterocycles. The highest BCUT2D eigenvalue weighted by Gasteiger charge is 2.09. The Morgan fingerprint density at radius 1 is 1.00 bits per heavy atom. The van der Waals surface area contributed by atoms with Crippen molar-refractivity contribution in [3.63, 3.8) is 0 Å². The van der Waals surface area contributed by atoms with Gasteiger partial charge in [0, 0.05) is 24.3 Å². The number of carbonyl (C=O) groups excluding carboxylic acids is 2. The molecule has 0 atom stereocenters. The molecule has 6 heteroatoms. The summed E-state index contributed by atoms with van der Waals surface area (Å²) in [5.74, 6) is -0.421. The van der Waals surface area contributed by atoms with E-state index >= 15 is 0 Å². The lowest BCUT2D eigenvalue weighted by Gasteiger charge is -2.09. The summed E-state index contributed by atoms with van der Waals surface area (Å²) in [5, 5.41) is 9.85. The predicted octanol–water partition coefficient (Wildman–Crippen LogP) is 2.05. The SMILES string of the molecule is Cc1cc(C)cc(C(=O)NCC(=O)NCCCn2nc(C)cc2C)c1. The fourth-order valence-electron chi connectivity index (χ4n) is 2.79. The number of nitrogens with one attached hydrogen (secondary N) is 2. The molecule has 0 spiro atoms. The first kappa shape index (κ1) is 18.7. The van der Waals surface area contributed by atoms with Crippen LogP contribution < -0.4 is 10.6 Å². The molecule has 0 aliphatic rings. The highest BCUT2D eigenvalue weighted by Crippen LogP contribution is 2.08. The van der Waals surface area contributed by atoms with Crippen LogP contribution in [-0.4, -0.2) is 34.7 Å². The van der Waals surface area contributed by atoms with Gasteiger partial charge in [-0.05, 0) is 52.3 Å². The standard InChI is InChI=1S/C19H26N4O2/c1-13-8-14(2)10-17(9-13)19(25)21-12-18(24)20-6-5-7-23-16(4)11-15(3)22-23/h8-11H,5-7,12H2,1-4H3,(H,20,24)(H,21,25). The first-order chi connectivity index (χ1) is 11.8. The van der Waals surface area contributed by atoms with E-state index in [-0.39, 0.29) is 18.4 Å². The van der Waals surface area contributed by atoms with Gasteiger partial charge in [0.15, 0.2) is 0 Å². The molecule has 0 saturated heterocycles. The van der Waals surface area contributed by atoms with Crippen molar-refractivity contribution in [2.75, 3.05) is 13.1 Å². The van der Waals surface area contributed by atoms with E-state index in [9.17, 15) is 9.59 Å². The number of hydrogen-bond acceptors (Lipinski definition) is 3. The second kappa shape index (κ2) is 8.46. The summed E-state index contributed by atoms with van der Waals surface area (Å²) in [6.07, 6.45) is 0.790. The molecule has 0 aliphatic carbocycles. The zero-order valence-corrected chi connectivity index (χ0v) is 15.3. The molecule has 2 rings (SSSR count). The molecule has 0 aliphatic heterocycles. The zero-order chi connectivity index (χ0) is 18.4. The third-order valence-corrected chi connectivity index (χ3v) is 3.87. The Morgan fingerprint density at radius 2 is 1.68 bits per heavy atom. The van der Waals surface area contributed by atoms with E-state index in [1.54, 1.807) is 0 Å². The van der Waals surface area contributed by atoms with Crippen LogP contribution in [0.4, 0.5) is 0 Å². The molecule has 0 unspecified atom stereocenters. The molecular weight excluding hydrogens is 316 g/mol. The molecule has 0 radical (unpaired) electrons. The first-order valence-electron chi connectivity index (χ1n) is 8.49. The fraction of sp³-hybridized carbons (Fsp3) is 0.421. The third kappa shape index (κ3) is 5.74. The Labute approximate surface area is 148 Å². The number of aromatic nitrogens is 2. The van der Waals surface area contributed by atoms with Gasteiger partial charge in [0.05, 0.1) is 12.2 Å². The van der Waals surface area contributed by atoms with Gasteiger partial charge in [-0.25, -0.2) is 0 Å². The van der Waals surface area contributed by atoms with Crippen molar-refractivity contribution >= 4 is 11.8 Å². The quantitative estimate of drug-likeness (QED) is 0.756. The number of hydrogen-bond donors (Lipinski definition) is 2. The molecule has 0 bridgehead atoms. The van der Waals surface area contributed by atoms with E-state index in [0.717, 1.165) is 35.5 Å². The molecule has 0 saturated carbocycles. The summed E-state index contributed by atoms with van der Waals surface area (Å²) < 4.78 is 1.93. The van der Waals surface area contributed by atoms with Gasteiger partial charge in [0.25, 0.3) is 5.91 Å². The van der Waals surface area contributed by atoms with E-state index in [0.29, 0.717) is 12.1 Å². The maximum atomic E-state index is 12.1. The molecule has 6 nitrogen and oxygen atoms in total. The number of amides is 2. The Hall–Kier alpha value is -2.63. The average Bonchev–Trinajstić information content (AvgIpc) is 2.86. The summed E-state index contributed by atoms with van der Waals surface area (Å²) in [6, 6.07) is 7.66. The third-order valence-electron chi connectivity index (χ3n) is 3.87. The molecule has 2 N–H and O–H groups in total. The lowest BCUT2D eigenvalue weighted by Crippen LogP contribution is -2.37. The van der Waals surface area contributed by atoms with Crippen molar-refractivity contribution < 1.29 is 9.59 Å². The van der Waals surface area contributed by atoms with Gasteiger partial charge >= 0.3 is 0 Å². The van der Waals surface area contributed by atoms with Crippen molar-refractivity contribution in [2.24, 2.45) is 0 Å². The van der Waals surface area contributed by atoms with Crippen molar-refractivity contribution in [3.8, 4) is 0 Å². The van der Waals surface area contributed by atoms with Gasteiger partial charge in [-0.15, -0.1) is 0 Å². The summed E-state index contributed by atoms with van der Waals surface area (Å²) in [7, 11) is 0. The minimum atomic E-state index is -0.232.